The van der Waals surface area contributed by atoms with Crippen LogP contribution in [0.2, 0.25) is 0 Å². The van der Waals surface area contributed by atoms with Gasteiger partial charge in [-0.3, -0.25) is 4.79 Å². The third kappa shape index (κ3) is 5.43. The molecule has 0 saturated carbocycles. The molecule has 0 bridgehead atoms. The van der Waals surface area contributed by atoms with E-state index in [2.05, 4.69) is 51.3 Å². The van der Waals surface area contributed by atoms with Gasteiger partial charge in [0.15, 0.2) is 0 Å². The molecule has 1 atom stereocenters. The zero-order valence-corrected chi connectivity index (χ0v) is 12.6. The standard InChI is InChI=1S/C18H25NO/c1-5-11-19(12-6-2)18(20)14-16(4)13-17-9-7-15(3)8-10-17/h5-10,16H,1-2,11-14H2,3-4H3. The number of benzene rings is 1. The van der Waals surface area contributed by atoms with Crippen molar-refractivity contribution in [3.05, 3.63) is 60.7 Å². The minimum Gasteiger partial charge on any atom is -0.335 e. The van der Waals surface area contributed by atoms with Crippen molar-refractivity contribution in [2.24, 2.45) is 5.92 Å². The van der Waals surface area contributed by atoms with Gasteiger partial charge in [-0.05, 0) is 24.8 Å². The van der Waals surface area contributed by atoms with Crippen molar-refractivity contribution in [1.82, 2.24) is 4.90 Å². The fourth-order valence-corrected chi connectivity index (χ4v) is 2.22. The molecular weight excluding hydrogens is 246 g/mol. The second-order valence-electron chi connectivity index (χ2n) is 5.38. The van der Waals surface area contributed by atoms with Crippen LogP contribution in [-0.2, 0) is 11.2 Å². The predicted octanol–water partition coefficient (Wildman–Crippen LogP) is 3.76. The van der Waals surface area contributed by atoms with E-state index in [1.807, 2.05) is 0 Å². The van der Waals surface area contributed by atoms with E-state index in [1.54, 1.807) is 17.1 Å². The summed E-state index contributed by atoms with van der Waals surface area (Å²) in [5, 5.41) is 0. The third-order valence-corrected chi connectivity index (χ3v) is 3.28. The van der Waals surface area contributed by atoms with Crippen molar-refractivity contribution in [2.75, 3.05) is 13.1 Å². The molecule has 0 fully saturated rings. The number of carbonyl (C=O) groups excluding carboxylic acids is 1. The van der Waals surface area contributed by atoms with Gasteiger partial charge in [-0.2, -0.15) is 0 Å². The Bertz CT molecular complexity index is 437. The Kier molecular flexibility index (Phi) is 6.78. The molecule has 0 spiro atoms. The lowest BCUT2D eigenvalue weighted by atomic mass is 9.97. The number of carbonyl (C=O) groups is 1. The summed E-state index contributed by atoms with van der Waals surface area (Å²) in [6, 6.07) is 8.51. The van der Waals surface area contributed by atoms with Gasteiger partial charge in [-0.25, -0.2) is 0 Å². The topological polar surface area (TPSA) is 20.3 Å². The van der Waals surface area contributed by atoms with Gasteiger partial charge in [0.1, 0.15) is 0 Å². The molecule has 0 radical (unpaired) electrons. The molecule has 2 heteroatoms. The van der Waals surface area contributed by atoms with Crippen LogP contribution in [0.1, 0.15) is 24.5 Å². The number of amides is 1. The highest BCUT2D eigenvalue weighted by Gasteiger charge is 2.15. The van der Waals surface area contributed by atoms with E-state index in [9.17, 15) is 4.79 Å². The molecular formula is C18H25NO. The van der Waals surface area contributed by atoms with Gasteiger partial charge in [0, 0.05) is 19.5 Å². The quantitative estimate of drug-likeness (QED) is 0.659. The Balaban J connectivity index is 2.53. The molecule has 0 aliphatic carbocycles. The third-order valence-electron chi connectivity index (χ3n) is 3.28. The van der Waals surface area contributed by atoms with Crippen LogP contribution >= 0.6 is 0 Å². The molecule has 1 aromatic rings. The molecule has 1 aromatic carbocycles. The normalized spacial score (nSPS) is 11.7. The van der Waals surface area contributed by atoms with Gasteiger partial charge in [0.05, 0.1) is 0 Å². The molecule has 0 heterocycles. The Morgan fingerprint density at radius 3 is 2.25 bits per heavy atom. The molecule has 108 valence electrons. The Morgan fingerprint density at radius 1 is 1.20 bits per heavy atom. The molecule has 20 heavy (non-hydrogen) atoms. The Labute approximate surface area is 122 Å². The van der Waals surface area contributed by atoms with E-state index < -0.39 is 0 Å². The summed E-state index contributed by atoms with van der Waals surface area (Å²) >= 11 is 0. The molecule has 0 aromatic heterocycles. The molecule has 0 aliphatic heterocycles. The highest BCUT2D eigenvalue weighted by atomic mass is 16.2. The maximum Gasteiger partial charge on any atom is 0.223 e. The van der Waals surface area contributed by atoms with Crippen molar-refractivity contribution in [3.8, 4) is 0 Å². The largest absolute Gasteiger partial charge is 0.335 e. The van der Waals surface area contributed by atoms with Gasteiger partial charge in [-0.1, -0.05) is 48.9 Å². The van der Waals surface area contributed by atoms with Crippen LogP contribution < -0.4 is 0 Å². The molecule has 1 amide bonds. The minimum absolute atomic E-state index is 0.171. The first-order valence-corrected chi connectivity index (χ1v) is 7.12. The van der Waals surface area contributed by atoms with E-state index in [1.165, 1.54) is 11.1 Å². The minimum atomic E-state index is 0.171. The lowest BCUT2D eigenvalue weighted by molar-refractivity contribution is -0.131. The SMILES string of the molecule is C=CCN(CC=C)C(=O)CC(C)Cc1ccc(C)cc1. The second kappa shape index (κ2) is 8.36. The van der Waals surface area contributed by atoms with Crippen molar-refractivity contribution in [1.29, 1.82) is 0 Å². The van der Waals surface area contributed by atoms with E-state index in [4.69, 9.17) is 0 Å². The Morgan fingerprint density at radius 2 is 1.75 bits per heavy atom. The van der Waals surface area contributed by atoms with E-state index in [0.717, 1.165) is 6.42 Å². The number of hydrogen-bond acceptors (Lipinski definition) is 1. The molecule has 0 N–H and O–H groups in total. The number of nitrogens with zero attached hydrogens (tertiary/aromatic N) is 1. The summed E-state index contributed by atoms with van der Waals surface area (Å²) in [7, 11) is 0. The smallest absolute Gasteiger partial charge is 0.223 e. The van der Waals surface area contributed by atoms with Crippen LogP contribution in [0.4, 0.5) is 0 Å². The van der Waals surface area contributed by atoms with E-state index in [-0.39, 0.29) is 5.91 Å². The van der Waals surface area contributed by atoms with Crippen LogP contribution in [0.25, 0.3) is 0 Å². The van der Waals surface area contributed by atoms with Gasteiger partial charge in [0.2, 0.25) is 5.91 Å². The van der Waals surface area contributed by atoms with Crippen LogP contribution in [0.5, 0.6) is 0 Å². The van der Waals surface area contributed by atoms with Crippen molar-refractivity contribution >= 4 is 5.91 Å². The van der Waals surface area contributed by atoms with Gasteiger partial charge in [-0.15, -0.1) is 13.2 Å². The molecule has 0 aliphatic rings. The van der Waals surface area contributed by atoms with Crippen LogP contribution in [-0.4, -0.2) is 23.9 Å². The maximum atomic E-state index is 12.2. The first-order valence-electron chi connectivity index (χ1n) is 7.12. The number of rotatable bonds is 8. The zero-order chi connectivity index (χ0) is 15.0. The summed E-state index contributed by atoms with van der Waals surface area (Å²) in [4.78, 5) is 14.0. The molecule has 1 rings (SSSR count). The predicted molar refractivity (Wildman–Crippen MR) is 85.6 cm³/mol. The summed E-state index contributed by atoms with van der Waals surface area (Å²) in [6.07, 6.45) is 5.01. The average Bonchev–Trinajstić information content (AvgIpc) is 2.41. The summed E-state index contributed by atoms with van der Waals surface area (Å²) in [5.41, 5.74) is 2.55. The monoisotopic (exact) mass is 271 g/mol. The first-order chi connectivity index (χ1) is 9.56. The lowest BCUT2D eigenvalue weighted by Crippen LogP contribution is -2.32. The van der Waals surface area contributed by atoms with Crippen molar-refractivity contribution < 1.29 is 4.79 Å². The van der Waals surface area contributed by atoms with Crippen molar-refractivity contribution in [2.45, 2.75) is 26.7 Å². The molecule has 2 nitrogen and oxygen atoms in total. The highest BCUT2D eigenvalue weighted by Crippen LogP contribution is 2.14. The summed E-state index contributed by atoms with van der Waals surface area (Å²) in [5.74, 6) is 0.506. The summed E-state index contributed by atoms with van der Waals surface area (Å²) < 4.78 is 0. The lowest BCUT2D eigenvalue weighted by Gasteiger charge is -2.21. The fraction of sp³-hybridized carbons (Fsp3) is 0.389. The summed E-state index contributed by atoms with van der Waals surface area (Å²) in [6.45, 7) is 12.8. The first kappa shape index (κ1) is 16.2. The van der Waals surface area contributed by atoms with Crippen LogP contribution in [0, 0.1) is 12.8 Å². The number of hydrogen-bond donors (Lipinski definition) is 0. The van der Waals surface area contributed by atoms with E-state index >= 15 is 0 Å². The molecule has 0 saturated heterocycles. The van der Waals surface area contributed by atoms with Gasteiger partial charge in [0.25, 0.3) is 0 Å². The Hall–Kier alpha value is -1.83. The molecule has 1 unspecified atom stereocenters. The van der Waals surface area contributed by atoms with Crippen molar-refractivity contribution in [3.63, 3.8) is 0 Å². The van der Waals surface area contributed by atoms with Gasteiger partial charge < -0.3 is 4.90 Å². The maximum absolute atomic E-state index is 12.2. The second-order valence-corrected chi connectivity index (χ2v) is 5.38. The number of aryl methyl sites for hydroxylation is 1. The van der Waals surface area contributed by atoms with Crippen LogP contribution in [0.3, 0.4) is 0 Å². The fourth-order valence-electron chi connectivity index (χ4n) is 2.22. The highest BCUT2D eigenvalue weighted by molar-refractivity contribution is 5.76. The van der Waals surface area contributed by atoms with Crippen LogP contribution in [0.15, 0.2) is 49.6 Å². The van der Waals surface area contributed by atoms with Gasteiger partial charge >= 0.3 is 0 Å². The zero-order valence-electron chi connectivity index (χ0n) is 12.6. The average molecular weight is 271 g/mol. The van der Waals surface area contributed by atoms with E-state index in [0.29, 0.717) is 25.4 Å².